The van der Waals surface area contributed by atoms with Gasteiger partial charge in [-0.2, -0.15) is 0 Å². The van der Waals surface area contributed by atoms with E-state index in [-0.39, 0.29) is 22.4 Å². The fourth-order valence-electron chi connectivity index (χ4n) is 3.15. The Balaban J connectivity index is 2.29. The van der Waals surface area contributed by atoms with Crippen molar-refractivity contribution in [1.82, 2.24) is 10.0 Å². The summed E-state index contributed by atoms with van der Waals surface area (Å²) in [6, 6.07) is 2.72. The van der Waals surface area contributed by atoms with Crippen LogP contribution < -0.4 is 9.47 Å². The minimum atomic E-state index is -3.13. The normalized spacial score (nSPS) is 18.5. The Bertz CT molecular complexity index is 811. The average Bonchev–Trinajstić information content (AvgIpc) is 2.94. The zero-order valence-electron chi connectivity index (χ0n) is 17.1. The van der Waals surface area contributed by atoms with Crippen LogP contribution in [0.1, 0.15) is 37.0 Å². The first kappa shape index (κ1) is 22.8. The Labute approximate surface area is 172 Å². The highest BCUT2D eigenvalue weighted by Gasteiger charge is 2.36. The van der Waals surface area contributed by atoms with Crippen molar-refractivity contribution in [3.63, 3.8) is 0 Å². The average molecular weight is 433 g/mol. The molecule has 7 nitrogen and oxygen atoms in total. The van der Waals surface area contributed by atoms with Crippen LogP contribution in [0.4, 0.5) is 0 Å². The van der Waals surface area contributed by atoms with E-state index in [2.05, 4.69) is 13.8 Å². The van der Waals surface area contributed by atoms with Gasteiger partial charge in [0.2, 0.25) is 0 Å². The van der Waals surface area contributed by atoms with Crippen molar-refractivity contribution < 1.29 is 22.7 Å². The molecular weight excluding hydrogens is 404 g/mol. The van der Waals surface area contributed by atoms with Gasteiger partial charge in [0.25, 0.3) is 5.91 Å². The van der Waals surface area contributed by atoms with Crippen molar-refractivity contribution in [3.8, 4) is 11.5 Å². The van der Waals surface area contributed by atoms with E-state index >= 15 is 0 Å². The SMILES string of the molecule is COc1cc(C(=O)N(C2CCS(=O)(=O)C2)N(C)C)cc(Cl)c1OCCC(C)C. The van der Waals surface area contributed by atoms with Gasteiger partial charge in [0.15, 0.2) is 21.3 Å². The minimum absolute atomic E-state index is 0.0435. The summed E-state index contributed by atoms with van der Waals surface area (Å²) in [5, 5.41) is 3.36. The monoisotopic (exact) mass is 432 g/mol. The molecule has 2 rings (SSSR count). The highest BCUT2D eigenvalue weighted by molar-refractivity contribution is 7.91. The number of nitrogens with zero attached hydrogens (tertiary/aromatic N) is 2. The Morgan fingerprint density at radius 2 is 2.00 bits per heavy atom. The zero-order chi connectivity index (χ0) is 21.1. The second kappa shape index (κ2) is 9.33. The van der Waals surface area contributed by atoms with E-state index in [1.807, 2.05) is 0 Å². The Kier molecular flexibility index (Phi) is 7.59. The molecule has 28 heavy (non-hydrogen) atoms. The molecule has 0 aliphatic carbocycles. The van der Waals surface area contributed by atoms with Gasteiger partial charge in [-0.25, -0.2) is 13.4 Å². The molecule has 1 aliphatic rings. The van der Waals surface area contributed by atoms with E-state index in [4.69, 9.17) is 21.1 Å². The van der Waals surface area contributed by atoms with Crippen LogP contribution in [0, 0.1) is 5.92 Å². The molecule has 0 saturated carbocycles. The van der Waals surface area contributed by atoms with Crippen molar-refractivity contribution in [2.24, 2.45) is 5.92 Å². The van der Waals surface area contributed by atoms with E-state index in [0.29, 0.717) is 36.0 Å². The van der Waals surface area contributed by atoms with Gasteiger partial charge >= 0.3 is 0 Å². The van der Waals surface area contributed by atoms with Gasteiger partial charge in [-0.3, -0.25) is 9.80 Å². The highest BCUT2D eigenvalue weighted by Crippen LogP contribution is 2.37. The lowest BCUT2D eigenvalue weighted by molar-refractivity contribution is 0.000980. The fourth-order valence-corrected chi connectivity index (χ4v) is 5.11. The number of hydrogen-bond donors (Lipinski definition) is 0. The summed E-state index contributed by atoms with van der Waals surface area (Å²) >= 11 is 6.38. The van der Waals surface area contributed by atoms with E-state index in [0.717, 1.165) is 6.42 Å². The van der Waals surface area contributed by atoms with Crippen LogP contribution in [-0.2, 0) is 9.84 Å². The molecule has 1 unspecified atom stereocenters. The van der Waals surface area contributed by atoms with E-state index < -0.39 is 15.9 Å². The maximum absolute atomic E-state index is 13.2. The number of sulfone groups is 1. The Morgan fingerprint density at radius 3 is 2.50 bits per heavy atom. The van der Waals surface area contributed by atoms with Crippen LogP contribution in [-0.4, -0.2) is 69.7 Å². The molecule has 0 bridgehead atoms. The third kappa shape index (κ3) is 5.52. The molecule has 1 fully saturated rings. The standard InChI is InChI=1S/C19H29ClN2O5S/c1-13(2)6-8-27-18-16(20)10-14(11-17(18)26-5)19(23)22(21(3)4)15-7-9-28(24,25)12-15/h10-11,13,15H,6-9,12H2,1-5H3. The van der Waals surface area contributed by atoms with Gasteiger partial charge in [0, 0.05) is 19.7 Å². The number of hydrazine groups is 1. The number of benzene rings is 1. The lowest BCUT2D eigenvalue weighted by atomic mass is 10.1. The molecule has 1 aliphatic heterocycles. The topological polar surface area (TPSA) is 76.2 Å². The maximum atomic E-state index is 13.2. The number of hydrogen-bond acceptors (Lipinski definition) is 6. The number of ether oxygens (including phenoxy) is 2. The Morgan fingerprint density at radius 1 is 1.32 bits per heavy atom. The molecule has 158 valence electrons. The summed E-state index contributed by atoms with van der Waals surface area (Å²) in [6.07, 6.45) is 1.28. The van der Waals surface area contributed by atoms with E-state index in [1.165, 1.54) is 18.2 Å². The smallest absolute Gasteiger partial charge is 0.268 e. The quantitative estimate of drug-likeness (QED) is 0.588. The number of carbonyl (C=O) groups is 1. The predicted octanol–water partition coefficient (Wildman–Crippen LogP) is 2.88. The molecular formula is C19H29ClN2O5S. The summed E-state index contributed by atoms with van der Waals surface area (Å²) in [6.45, 7) is 4.69. The second-order valence-corrected chi connectivity index (χ2v) is 10.2. The van der Waals surface area contributed by atoms with Crippen molar-refractivity contribution in [3.05, 3.63) is 22.7 Å². The van der Waals surface area contributed by atoms with Gasteiger partial charge in [0.05, 0.1) is 36.3 Å². The third-order valence-corrected chi connectivity index (χ3v) is 6.64. The Hall–Kier alpha value is -1.51. The number of halogens is 1. The maximum Gasteiger partial charge on any atom is 0.268 e. The van der Waals surface area contributed by atoms with Crippen molar-refractivity contribution in [2.45, 2.75) is 32.7 Å². The number of carbonyl (C=O) groups excluding carboxylic acids is 1. The summed E-state index contributed by atoms with van der Waals surface area (Å²) in [7, 11) is 1.79. The van der Waals surface area contributed by atoms with Crippen molar-refractivity contribution in [2.75, 3.05) is 39.3 Å². The van der Waals surface area contributed by atoms with Crippen molar-refractivity contribution >= 4 is 27.3 Å². The predicted molar refractivity (Wildman–Crippen MR) is 110 cm³/mol. The van der Waals surface area contributed by atoms with Crippen LogP contribution in [0.25, 0.3) is 0 Å². The first-order chi connectivity index (χ1) is 13.1. The second-order valence-electron chi connectivity index (χ2n) is 7.57. The lowest BCUT2D eigenvalue weighted by Crippen LogP contribution is -2.49. The highest BCUT2D eigenvalue weighted by atomic mass is 35.5. The van der Waals surface area contributed by atoms with Crippen LogP contribution in [0.2, 0.25) is 5.02 Å². The number of methoxy groups -OCH3 is 1. The van der Waals surface area contributed by atoms with Crippen LogP contribution >= 0.6 is 11.6 Å². The molecule has 1 saturated heterocycles. The molecule has 1 atom stereocenters. The van der Waals surface area contributed by atoms with E-state index in [9.17, 15) is 13.2 Å². The molecule has 0 N–H and O–H groups in total. The molecule has 1 aromatic carbocycles. The fraction of sp³-hybridized carbons (Fsp3) is 0.632. The zero-order valence-corrected chi connectivity index (χ0v) is 18.6. The third-order valence-electron chi connectivity index (χ3n) is 4.61. The summed E-state index contributed by atoms with van der Waals surface area (Å²) < 4.78 is 34.9. The van der Waals surface area contributed by atoms with Crippen molar-refractivity contribution in [1.29, 1.82) is 0 Å². The van der Waals surface area contributed by atoms with Gasteiger partial charge in [-0.1, -0.05) is 25.4 Å². The number of amides is 1. The van der Waals surface area contributed by atoms with Crippen LogP contribution in [0.3, 0.4) is 0 Å². The van der Waals surface area contributed by atoms with E-state index in [1.54, 1.807) is 25.2 Å². The molecule has 0 radical (unpaired) electrons. The minimum Gasteiger partial charge on any atom is -0.493 e. The molecule has 1 aromatic rings. The van der Waals surface area contributed by atoms with Gasteiger partial charge in [-0.15, -0.1) is 0 Å². The number of rotatable bonds is 8. The largest absolute Gasteiger partial charge is 0.493 e. The first-order valence-corrected chi connectivity index (χ1v) is 11.5. The molecule has 0 spiro atoms. The van der Waals surface area contributed by atoms with Gasteiger partial charge in [-0.05, 0) is 30.9 Å². The van der Waals surface area contributed by atoms with Crippen LogP contribution in [0.5, 0.6) is 11.5 Å². The summed E-state index contributed by atoms with van der Waals surface area (Å²) in [4.78, 5) is 13.2. The molecule has 1 heterocycles. The van der Waals surface area contributed by atoms with Gasteiger partial charge < -0.3 is 9.47 Å². The summed E-state index contributed by atoms with van der Waals surface area (Å²) in [5.74, 6) is 0.974. The molecule has 1 amide bonds. The first-order valence-electron chi connectivity index (χ1n) is 9.27. The van der Waals surface area contributed by atoms with Crippen LogP contribution in [0.15, 0.2) is 12.1 Å². The van der Waals surface area contributed by atoms with Gasteiger partial charge in [0.1, 0.15) is 0 Å². The lowest BCUT2D eigenvalue weighted by Gasteiger charge is -2.34. The summed E-state index contributed by atoms with van der Waals surface area (Å²) in [5.41, 5.74) is 0.316. The molecule has 9 heteroatoms. The molecule has 0 aromatic heterocycles.